The number of nitrogens with zero attached hydrogens (tertiary/aromatic N) is 9. The number of morpholine rings is 1. The van der Waals surface area contributed by atoms with Crippen molar-refractivity contribution in [3.05, 3.63) is 35.9 Å². The van der Waals surface area contributed by atoms with Gasteiger partial charge in [-0.1, -0.05) is 32.4 Å². The summed E-state index contributed by atoms with van der Waals surface area (Å²) >= 11 is 0. The molecule has 3 fully saturated rings. The summed E-state index contributed by atoms with van der Waals surface area (Å²) in [5.41, 5.74) is 3.74. The molecule has 0 radical (unpaired) electrons. The molecule has 10 nitrogen and oxygen atoms in total. The molecular weight excluding hydrogens is 490 g/mol. The maximum atomic E-state index is 5.67. The van der Waals surface area contributed by atoms with Crippen molar-refractivity contribution < 1.29 is 4.74 Å². The Kier molecular flexibility index (Phi) is 6.49. The second-order valence-electron chi connectivity index (χ2n) is 11.6. The molecule has 1 aromatic carbocycles. The molecule has 3 aliphatic heterocycles. The summed E-state index contributed by atoms with van der Waals surface area (Å²) < 4.78 is 9.98. The smallest absolute Gasteiger partial charge is 0.239 e. The summed E-state index contributed by atoms with van der Waals surface area (Å²) in [6, 6.07) is 8.95. The number of aryl methyl sites for hydroxylation is 1. The standard InChI is InChI=1S/C29H39N9O/c1-20(2)26-30-22-9-5-6-10-23(22)38(26)29-32-27-25(28(33-29)37-13-15-39-16-14-37)31-24(34(27)3)19-35-17-21(18-35)36-11-7-4-8-12-36/h5-6,9-10,20-21H,4,7-8,11-19H2,1-3H3. The molecule has 0 unspecified atom stereocenters. The number of fused-ring (bicyclic) bond motifs is 2. The molecule has 0 N–H and O–H groups in total. The van der Waals surface area contributed by atoms with Crippen molar-refractivity contribution in [3.63, 3.8) is 0 Å². The molecule has 206 valence electrons. The maximum absolute atomic E-state index is 5.67. The fraction of sp³-hybridized carbons (Fsp3) is 0.586. The van der Waals surface area contributed by atoms with Crippen LogP contribution in [0.1, 0.15) is 50.7 Å². The van der Waals surface area contributed by atoms with Crippen molar-refractivity contribution >= 4 is 28.0 Å². The predicted octanol–water partition coefficient (Wildman–Crippen LogP) is 3.33. The van der Waals surface area contributed by atoms with Crippen LogP contribution >= 0.6 is 0 Å². The van der Waals surface area contributed by atoms with Crippen molar-refractivity contribution in [1.82, 2.24) is 38.9 Å². The third-order valence-corrected chi connectivity index (χ3v) is 8.60. The Balaban J connectivity index is 1.28. The molecule has 0 aliphatic carbocycles. The van der Waals surface area contributed by atoms with Crippen LogP contribution in [0.15, 0.2) is 24.3 Å². The zero-order valence-corrected chi connectivity index (χ0v) is 23.4. The molecule has 0 spiro atoms. The average molecular weight is 530 g/mol. The van der Waals surface area contributed by atoms with Crippen molar-refractivity contribution in [1.29, 1.82) is 0 Å². The van der Waals surface area contributed by atoms with Gasteiger partial charge in [0.2, 0.25) is 5.95 Å². The van der Waals surface area contributed by atoms with Gasteiger partial charge in [0.1, 0.15) is 11.6 Å². The lowest BCUT2D eigenvalue weighted by Crippen LogP contribution is -2.59. The second kappa shape index (κ2) is 10.1. The molecule has 0 saturated carbocycles. The largest absolute Gasteiger partial charge is 0.378 e. The van der Waals surface area contributed by atoms with E-state index in [1.807, 2.05) is 6.07 Å². The third-order valence-electron chi connectivity index (χ3n) is 8.60. The molecular formula is C29H39N9O. The first-order valence-electron chi connectivity index (χ1n) is 14.6. The minimum atomic E-state index is 0.227. The number of imidazole rings is 2. The van der Waals surface area contributed by atoms with E-state index in [0.29, 0.717) is 25.2 Å². The SMILES string of the molecule is CC(C)c1nc2ccccc2n1-c1nc(N2CCOCC2)c2nc(CN3CC(N4CCCCC4)C3)n(C)c2n1. The number of hydrogen-bond donors (Lipinski definition) is 0. The third kappa shape index (κ3) is 4.48. The van der Waals surface area contributed by atoms with Crippen molar-refractivity contribution in [2.24, 2.45) is 7.05 Å². The lowest BCUT2D eigenvalue weighted by molar-refractivity contribution is 0.0168. The van der Waals surface area contributed by atoms with Gasteiger partial charge in [0.25, 0.3) is 0 Å². The van der Waals surface area contributed by atoms with E-state index in [1.54, 1.807) is 0 Å². The van der Waals surface area contributed by atoms with Crippen LogP contribution in [0.2, 0.25) is 0 Å². The van der Waals surface area contributed by atoms with E-state index in [4.69, 9.17) is 24.7 Å². The van der Waals surface area contributed by atoms with E-state index in [9.17, 15) is 0 Å². The summed E-state index contributed by atoms with van der Waals surface area (Å²) in [5.74, 6) is 3.79. The van der Waals surface area contributed by atoms with Gasteiger partial charge in [-0.05, 0) is 38.1 Å². The van der Waals surface area contributed by atoms with Gasteiger partial charge in [0.15, 0.2) is 17.0 Å². The predicted molar refractivity (Wildman–Crippen MR) is 153 cm³/mol. The molecule has 4 aromatic rings. The Labute approximate surface area is 229 Å². The van der Waals surface area contributed by atoms with Crippen LogP contribution < -0.4 is 4.90 Å². The summed E-state index contributed by atoms with van der Waals surface area (Å²) in [6.07, 6.45) is 4.07. The number of para-hydroxylation sites is 2. The average Bonchev–Trinajstić information content (AvgIpc) is 3.49. The fourth-order valence-corrected chi connectivity index (χ4v) is 6.35. The molecule has 10 heteroatoms. The Hall–Kier alpha value is -3.08. The number of rotatable bonds is 6. The van der Waals surface area contributed by atoms with Gasteiger partial charge < -0.3 is 14.2 Å². The van der Waals surface area contributed by atoms with E-state index in [-0.39, 0.29) is 5.92 Å². The van der Waals surface area contributed by atoms with E-state index in [2.05, 4.69) is 62.9 Å². The number of benzene rings is 1. The first-order chi connectivity index (χ1) is 19.1. The van der Waals surface area contributed by atoms with Crippen LogP contribution in [0.5, 0.6) is 0 Å². The zero-order chi connectivity index (χ0) is 26.5. The molecule has 3 aromatic heterocycles. The van der Waals surface area contributed by atoms with Crippen LogP contribution in [0.3, 0.4) is 0 Å². The first kappa shape index (κ1) is 24.9. The molecule has 3 aliphatic rings. The van der Waals surface area contributed by atoms with E-state index in [0.717, 1.165) is 72.4 Å². The van der Waals surface area contributed by atoms with Crippen LogP contribution in [0, 0.1) is 0 Å². The number of likely N-dealkylation sites (tertiary alicyclic amines) is 2. The van der Waals surface area contributed by atoms with Crippen molar-refractivity contribution in [2.75, 3.05) is 57.4 Å². The minimum Gasteiger partial charge on any atom is -0.378 e. The molecule has 0 bridgehead atoms. The zero-order valence-electron chi connectivity index (χ0n) is 23.4. The highest BCUT2D eigenvalue weighted by atomic mass is 16.5. The van der Waals surface area contributed by atoms with Gasteiger partial charge in [0.05, 0.1) is 30.8 Å². The van der Waals surface area contributed by atoms with E-state index in [1.165, 1.54) is 32.4 Å². The summed E-state index contributed by atoms with van der Waals surface area (Å²) in [5, 5.41) is 0. The second-order valence-corrected chi connectivity index (χ2v) is 11.6. The van der Waals surface area contributed by atoms with Gasteiger partial charge in [0, 0.05) is 45.2 Å². The van der Waals surface area contributed by atoms with Crippen LogP contribution in [-0.4, -0.2) is 97.4 Å². The van der Waals surface area contributed by atoms with Gasteiger partial charge in [-0.2, -0.15) is 9.97 Å². The summed E-state index contributed by atoms with van der Waals surface area (Å²) in [6.45, 7) is 12.9. The lowest BCUT2D eigenvalue weighted by atomic mass is 10.0. The van der Waals surface area contributed by atoms with E-state index >= 15 is 0 Å². The minimum absolute atomic E-state index is 0.227. The molecule has 0 amide bonds. The lowest BCUT2D eigenvalue weighted by Gasteiger charge is -2.46. The van der Waals surface area contributed by atoms with Gasteiger partial charge in [-0.3, -0.25) is 14.4 Å². The van der Waals surface area contributed by atoms with Crippen LogP contribution in [0.25, 0.3) is 28.1 Å². The number of ether oxygens (including phenoxy) is 1. The normalized spacial score (nSPS) is 19.9. The number of hydrogen-bond acceptors (Lipinski definition) is 8. The van der Waals surface area contributed by atoms with Crippen molar-refractivity contribution in [3.8, 4) is 5.95 Å². The monoisotopic (exact) mass is 529 g/mol. The highest BCUT2D eigenvalue weighted by molar-refractivity contribution is 5.86. The number of anilines is 1. The van der Waals surface area contributed by atoms with Crippen molar-refractivity contribution in [2.45, 2.75) is 51.6 Å². The van der Waals surface area contributed by atoms with Gasteiger partial charge >= 0.3 is 0 Å². The highest BCUT2D eigenvalue weighted by Crippen LogP contribution is 2.31. The first-order valence-corrected chi connectivity index (χ1v) is 14.6. The topological polar surface area (TPSA) is 80.4 Å². The van der Waals surface area contributed by atoms with Crippen LogP contribution in [0.4, 0.5) is 5.82 Å². The molecule has 0 atom stereocenters. The summed E-state index contributed by atoms with van der Waals surface area (Å²) in [7, 11) is 2.10. The Morgan fingerprint density at radius 2 is 1.69 bits per heavy atom. The number of aromatic nitrogens is 6. The van der Waals surface area contributed by atoms with Gasteiger partial charge in [-0.15, -0.1) is 0 Å². The molecule has 7 rings (SSSR count). The Bertz CT molecular complexity index is 1470. The van der Waals surface area contributed by atoms with Crippen LogP contribution in [-0.2, 0) is 18.3 Å². The molecule has 39 heavy (non-hydrogen) atoms. The molecule has 6 heterocycles. The molecule has 3 saturated heterocycles. The fourth-order valence-electron chi connectivity index (χ4n) is 6.35. The van der Waals surface area contributed by atoms with E-state index < -0.39 is 0 Å². The highest BCUT2D eigenvalue weighted by Gasteiger charge is 2.33. The summed E-state index contributed by atoms with van der Waals surface area (Å²) in [4.78, 5) is 28.0. The quantitative estimate of drug-likeness (QED) is 0.376. The Morgan fingerprint density at radius 3 is 2.46 bits per heavy atom. The Morgan fingerprint density at radius 1 is 0.923 bits per heavy atom. The van der Waals surface area contributed by atoms with Gasteiger partial charge in [-0.25, -0.2) is 9.97 Å². The number of piperidine rings is 1. The maximum Gasteiger partial charge on any atom is 0.239 e.